The molecule has 0 aliphatic heterocycles. The molecule has 0 aliphatic carbocycles. The molecule has 2 heteroatoms. The van der Waals surface area contributed by atoms with E-state index in [2.05, 4.69) is 35.0 Å². The van der Waals surface area contributed by atoms with Crippen molar-refractivity contribution in [3.05, 3.63) is 34.3 Å². The summed E-state index contributed by atoms with van der Waals surface area (Å²) in [6.45, 7) is 3.71. The number of hydrogen-bond acceptors (Lipinski definition) is 1. The van der Waals surface area contributed by atoms with E-state index in [1.807, 2.05) is 12.1 Å². The fraction of sp³-hybridized carbons (Fsp3) is 0.364. The molecule has 1 aromatic rings. The second-order valence-electron chi connectivity index (χ2n) is 3.36. The molecule has 0 saturated heterocycles. The van der Waals surface area contributed by atoms with Crippen LogP contribution in [0, 0.1) is 0 Å². The highest BCUT2D eigenvalue weighted by atomic mass is 79.9. The van der Waals surface area contributed by atoms with Crippen molar-refractivity contribution >= 4 is 21.7 Å². The first-order valence-electron chi connectivity index (χ1n) is 4.34. The predicted octanol–water partition coefficient (Wildman–Crippen LogP) is 3.53. The second kappa shape index (κ2) is 4.56. The Labute approximate surface area is 87.3 Å². The summed E-state index contributed by atoms with van der Waals surface area (Å²) in [5.41, 5.74) is 1.22. The minimum Gasteiger partial charge on any atom is -0.300 e. The molecule has 0 aliphatic rings. The lowest BCUT2D eigenvalue weighted by Crippen LogP contribution is -1.99. The van der Waals surface area contributed by atoms with Crippen LogP contribution in [0.5, 0.6) is 0 Å². The smallest absolute Gasteiger partial charge is 0.130 e. The molecule has 0 radical (unpaired) electrons. The third-order valence-electron chi connectivity index (χ3n) is 2.03. The third-order valence-corrected chi connectivity index (χ3v) is 2.56. The summed E-state index contributed by atoms with van der Waals surface area (Å²) >= 11 is 3.38. The predicted molar refractivity (Wildman–Crippen MR) is 57.9 cm³/mol. The van der Waals surface area contributed by atoms with Gasteiger partial charge in [0, 0.05) is 10.9 Å². The van der Waals surface area contributed by atoms with Crippen molar-refractivity contribution in [2.45, 2.75) is 26.2 Å². The van der Waals surface area contributed by atoms with E-state index in [1.54, 1.807) is 6.92 Å². The summed E-state index contributed by atoms with van der Waals surface area (Å²) in [4.78, 5) is 10.9. The molecule has 1 atom stereocenters. The van der Waals surface area contributed by atoms with Crippen LogP contribution < -0.4 is 0 Å². The van der Waals surface area contributed by atoms with Gasteiger partial charge in [-0.25, -0.2) is 0 Å². The molecule has 1 nitrogen and oxygen atoms in total. The Bertz CT molecular complexity index is 289. The molecular formula is C11H13BrO. The number of hydrogen-bond donors (Lipinski definition) is 0. The lowest BCUT2D eigenvalue weighted by atomic mass is 9.96. The highest BCUT2D eigenvalue weighted by Gasteiger charge is 2.07. The SMILES string of the molecule is CC(=O)CC(C)c1ccc(Br)cc1. The van der Waals surface area contributed by atoms with E-state index in [0.717, 1.165) is 4.47 Å². The average molecular weight is 241 g/mol. The Morgan fingerprint density at radius 2 is 1.92 bits per heavy atom. The van der Waals surface area contributed by atoms with Gasteiger partial charge in [0.2, 0.25) is 0 Å². The van der Waals surface area contributed by atoms with Crippen molar-refractivity contribution in [2.24, 2.45) is 0 Å². The van der Waals surface area contributed by atoms with Gasteiger partial charge in [-0.05, 0) is 30.5 Å². The number of carbonyl (C=O) groups excluding carboxylic acids is 1. The molecule has 0 spiro atoms. The molecule has 0 heterocycles. The Morgan fingerprint density at radius 3 is 2.38 bits per heavy atom. The highest BCUT2D eigenvalue weighted by Crippen LogP contribution is 2.21. The molecule has 0 aromatic heterocycles. The van der Waals surface area contributed by atoms with Crippen LogP contribution in [0.2, 0.25) is 0 Å². The molecule has 1 rings (SSSR count). The van der Waals surface area contributed by atoms with Gasteiger partial charge in [-0.2, -0.15) is 0 Å². The first-order chi connectivity index (χ1) is 6.09. The van der Waals surface area contributed by atoms with Crippen LogP contribution in [0.25, 0.3) is 0 Å². The molecule has 0 saturated carbocycles. The summed E-state index contributed by atoms with van der Waals surface area (Å²) in [6.07, 6.45) is 0.627. The fourth-order valence-corrected chi connectivity index (χ4v) is 1.60. The maximum atomic E-state index is 10.9. The van der Waals surface area contributed by atoms with Gasteiger partial charge in [0.25, 0.3) is 0 Å². The van der Waals surface area contributed by atoms with Crippen molar-refractivity contribution in [1.29, 1.82) is 0 Å². The monoisotopic (exact) mass is 240 g/mol. The van der Waals surface area contributed by atoms with E-state index >= 15 is 0 Å². The Morgan fingerprint density at radius 1 is 1.38 bits per heavy atom. The van der Waals surface area contributed by atoms with Crippen LogP contribution in [0.3, 0.4) is 0 Å². The summed E-state index contributed by atoms with van der Waals surface area (Å²) in [5, 5.41) is 0. The van der Waals surface area contributed by atoms with Crippen LogP contribution in [-0.4, -0.2) is 5.78 Å². The molecule has 0 fully saturated rings. The van der Waals surface area contributed by atoms with Crippen molar-refractivity contribution < 1.29 is 4.79 Å². The number of rotatable bonds is 3. The molecule has 13 heavy (non-hydrogen) atoms. The number of carbonyl (C=O) groups is 1. The van der Waals surface area contributed by atoms with Crippen LogP contribution in [-0.2, 0) is 4.79 Å². The summed E-state index contributed by atoms with van der Waals surface area (Å²) in [7, 11) is 0. The van der Waals surface area contributed by atoms with E-state index in [9.17, 15) is 4.79 Å². The first kappa shape index (κ1) is 10.5. The second-order valence-corrected chi connectivity index (χ2v) is 4.27. The summed E-state index contributed by atoms with van der Waals surface area (Å²) in [6, 6.07) is 8.12. The van der Waals surface area contributed by atoms with Gasteiger partial charge < -0.3 is 4.79 Å². The van der Waals surface area contributed by atoms with Gasteiger partial charge in [-0.1, -0.05) is 35.0 Å². The maximum Gasteiger partial charge on any atom is 0.130 e. The Balaban J connectivity index is 2.71. The molecule has 0 bridgehead atoms. The topological polar surface area (TPSA) is 17.1 Å². The highest BCUT2D eigenvalue weighted by molar-refractivity contribution is 9.10. The molecule has 0 N–H and O–H groups in total. The van der Waals surface area contributed by atoms with E-state index < -0.39 is 0 Å². The van der Waals surface area contributed by atoms with Crippen LogP contribution >= 0.6 is 15.9 Å². The fourth-order valence-electron chi connectivity index (χ4n) is 1.34. The van der Waals surface area contributed by atoms with E-state index in [1.165, 1.54) is 5.56 Å². The van der Waals surface area contributed by atoms with Gasteiger partial charge in [-0.15, -0.1) is 0 Å². The van der Waals surface area contributed by atoms with E-state index in [0.29, 0.717) is 12.3 Å². The van der Waals surface area contributed by atoms with Gasteiger partial charge >= 0.3 is 0 Å². The van der Waals surface area contributed by atoms with Gasteiger partial charge in [0.1, 0.15) is 5.78 Å². The maximum absolute atomic E-state index is 10.9. The standard InChI is InChI=1S/C11H13BrO/c1-8(7-9(2)13)10-3-5-11(12)6-4-10/h3-6,8H,7H2,1-2H3. The van der Waals surface area contributed by atoms with Crippen molar-refractivity contribution in [1.82, 2.24) is 0 Å². The zero-order valence-electron chi connectivity index (χ0n) is 7.88. The number of benzene rings is 1. The number of Topliss-reactive ketones (excluding diaryl/α,β-unsaturated/α-hetero) is 1. The zero-order chi connectivity index (χ0) is 9.84. The molecule has 1 aromatic carbocycles. The minimum absolute atomic E-state index is 0.246. The van der Waals surface area contributed by atoms with Crippen LogP contribution in [0.4, 0.5) is 0 Å². The number of halogens is 1. The zero-order valence-corrected chi connectivity index (χ0v) is 9.47. The van der Waals surface area contributed by atoms with Crippen LogP contribution in [0.1, 0.15) is 31.7 Å². The Kier molecular flexibility index (Phi) is 3.67. The minimum atomic E-state index is 0.246. The van der Waals surface area contributed by atoms with Crippen molar-refractivity contribution in [3.63, 3.8) is 0 Å². The molecule has 0 amide bonds. The van der Waals surface area contributed by atoms with Gasteiger partial charge in [0.05, 0.1) is 0 Å². The lowest BCUT2D eigenvalue weighted by molar-refractivity contribution is -0.117. The number of ketones is 1. The van der Waals surface area contributed by atoms with Gasteiger partial charge in [-0.3, -0.25) is 0 Å². The van der Waals surface area contributed by atoms with E-state index in [4.69, 9.17) is 0 Å². The molecule has 70 valence electrons. The largest absolute Gasteiger partial charge is 0.300 e. The van der Waals surface area contributed by atoms with Crippen molar-refractivity contribution in [3.8, 4) is 0 Å². The quantitative estimate of drug-likeness (QED) is 0.791. The summed E-state index contributed by atoms with van der Waals surface area (Å²) in [5.74, 6) is 0.570. The first-order valence-corrected chi connectivity index (χ1v) is 5.14. The molecule has 1 unspecified atom stereocenters. The normalized spacial score (nSPS) is 12.5. The third kappa shape index (κ3) is 3.31. The Hall–Kier alpha value is -0.630. The van der Waals surface area contributed by atoms with Crippen LogP contribution in [0.15, 0.2) is 28.7 Å². The van der Waals surface area contributed by atoms with Gasteiger partial charge in [0.15, 0.2) is 0 Å². The van der Waals surface area contributed by atoms with Crippen molar-refractivity contribution in [2.75, 3.05) is 0 Å². The summed E-state index contributed by atoms with van der Waals surface area (Å²) < 4.78 is 1.08. The lowest BCUT2D eigenvalue weighted by Gasteiger charge is -2.09. The van der Waals surface area contributed by atoms with E-state index in [-0.39, 0.29) is 5.78 Å². The average Bonchev–Trinajstić information content (AvgIpc) is 2.04. The molecular weight excluding hydrogens is 228 g/mol.